The van der Waals surface area contributed by atoms with Gasteiger partial charge in [-0.1, -0.05) is 51.6 Å². The number of rotatable bonds is 7. The maximum atomic E-state index is 11.9. The Balaban J connectivity index is 2.56. The highest BCUT2D eigenvalue weighted by molar-refractivity contribution is 14.1. The summed E-state index contributed by atoms with van der Waals surface area (Å²) < 4.78 is 6.96. The van der Waals surface area contributed by atoms with Gasteiger partial charge in [0.2, 0.25) is 0 Å². The summed E-state index contributed by atoms with van der Waals surface area (Å²) in [7, 11) is 0. The predicted octanol–water partition coefficient (Wildman–Crippen LogP) is 3.70. The van der Waals surface area contributed by atoms with Crippen molar-refractivity contribution in [1.82, 2.24) is 0 Å². The molecule has 5 heteroatoms. The molecular formula is C13H20I2O3. The molecule has 1 rings (SSSR count). The second kappa shape index (κ2) is 9.50. The summed E-state index contributed by atoms with van der Waals surface area (Å²) in [5, 5.41) is 0. The lowest BCUT2D eigenvalue weighted by molar-refractivity contribution is -0.151. The van der Waals surface area contributed by atoms with Gasteiger partial charge in [0.1, 0.15) is 11.9 Å². The van der Waals surface area contributed by atoms with Crippen LogP contribution < -0.4 is 0 Å². The van der Waals surface area contributed by atoms with E-state index in [0.717, 1.165) is 43.0 Å². The number of unbranched alkanes of at least 4 members (excludes halogenated alkanes) is 1. The molecule has 0 saturated heterocycles. The van der Waals surface area contributed by atoms with Crippen molar-refractivity contribution >= 4 is 56.9 Å². The fourth-order valence-corrected chi connectivity index (χ4v) is 3.10. The molecule has 0 unspecified atom stereocenters. The SMILES string of the molecule is O=C(CI)O[C@@H](CCCCI)[C@@H]1CCCCC1=O. The van der Waals surface area contributed by atoms with Gasteiger partial charge < -0.3 is 4.74 Å². The maximum absolute atomic E-state index is 11.9. The zero-order valence-corrected chi connectivity index (χ0v) is 14.8. The molecule has 0 spiro atoms. The van der Waals surface area contributed by atoms with E-state index < -0.39 is 0 Å². The van der Waals surface area contributed by atoms with E-state index in [1.165, 1.54) is 0 Å². The molecule has 0 heterocycles. The van der Waals surface area contributed by atoms with Crippen LogP contribution >= 0.6 is 45.2 Å². The van der Waals surface area contributed by atoms with Crippen LogP contribution in [0.1, 0.15) is 44.9 Å². The molecule has 0 N–H and O–H groups in total. The van der Waals surface area contributed by atoms with Crippen LogP contribution in [-0.4, -0.2) is 26.7 Å². The summed E-state index contributed by atoms with van der Waals surface area (Å²) in [4.78, 5) is 23.4. The minimum atomic E-state index is -0.187. The van der Waals surface area contributed by atoms with Crippen LogP contribution in [0.15, 0.2) is 0 Å². The summed E-state index contributed by atoms with van der Waals surface area (Å²) in [6, 6.07) is 0. The number of ketones is 1. The van der Waals surface area contributed by atoms with Crippen LogP contribution in [0.5, 0.6) is 0 Å². The lowest BCUT2D eigenvalue weighted by Gasteiger charge is -2.28. The van der Waals surface area contributed by atoms with Gasteiger partial charge in [0, 0.05) is 6.42 Å². The largest absolute Gasteiger partial charge is 0.461 e. The van der Waals surface area contributed by atoms with E-state index in [2.05, 4.69) is 22.6 Å². The molecule has 1 aliphatic rings. The van der Waals surface area contributed by atoms with Crippen molar-refractivity contribution in [2.75, 3.05) is 8.86 Å². The first-order chi connectivity index (χ1) is 8.69. The van der Waals surface area contributed by atoms with E-state index in [0.29, 0.717) is 16.6 Å². The van der Waals surface area contributed by atoms with Crippen molar-refractivity contribution in [3.05, 3.63) is 0 Å². The fourth-order valence-electron chi connectivity index (χ4n) is 2.39. The predicted molar refractivity (Wildman–Crippen MR) is 88.5 cm³/mol. The van der Waals surface area contributed by atoms with Gasteiger partial charge in [-0.25, -0.2) is 0 Å². The van der Waals surface area contributed by atoms with Crippen molar-refractivity contribution in [1.29, 1.82) is 0 Å². The van der Waals surface area contributed by atoms with Gasteiger partial charge in [-0.05, 0) is 36.5 Å². The first kappa shape index (κ1) is 16.7. The normalized spacial score (nSPS) is 21.7. The van der Waals surface area contributed by atoms with Gasteiger partial charge in [-0.2, -0.15) is 0 Å². The molecule has 0 aliphatic heterocycles. The molecule has 1 saturated carbocycles. The van der Waals surface area contributed by atoms with Crippen molar-refractivity contribution in [3.8, 4) is 0 Å². The van der Waals surface area contributed by atoms with Crippen LogP contribution in [0.25, 0.3) is 0 Å². The van der Waals surface area contributed by atoms with Gasteiger partial charge in [0.05, 0.1) is 10.3 Å². The van der Waals surface area contributed by atoms with Gasteiger partial charge >= 0.3 is 5.97 Å². The van der Waals surface area contributed by atoms with Gasteiger partial charge in [0.25, 0.3) is 0 Å². The van der Waals surface area contributed by atoms with E-state index in [4.69, 9.17) is 4.74 Å². The highest BCUT2D eigenvalue weighted by Gasteiger charge is 2.32. The minimum Gasteiger partial charge on any atom is -0.461 e. The highest BCUT2D eigenvalue weighted by Crippen LogP contribution is 2.28. The van der Waals surface area contributed by atoms with Crippen LogP contribution in [0.2, 0.25) is 0 Å². The number of carbonyl (C=O) groups excluding carboxylic acids is 2. The Kier molecular flexibility index (Phi) is 8.79. The number of esters is 1. The number of hydrogen-bond acceptors (Lipinski definition) is 3. The topological polar surface area (TPSA) is 43.4 Å². The van der Waals surface area contributed by atoms with E-state index in [9.17, 15) is 9.59 Å². The van der Waals surface area contributed by atoms with E-state index >= 15 is 0 Å². The van der Waals surface area contributed by atoms with Crippen LogP contribution in [0.3, 0.4) is 0 Å². The average molecular weight is 478 g/mol. The number of hydrogen-bond donors (Lipinski definition) is 0. The number of Topliss-reactive ketones (excluding diaryl/α,β-unsaturated/α-hetero) is 1. The van der Waals surface area contributed by atoms with Crippen molar-refractivity contribution in [2.45, 2.75) is 51.0 Å². The molecule has 0 bridgehead atoms. The van der Waals surface area contributed by atoms with E-state index in [-0.39, 0.29) is 18.0 Å². The third kappa shape index (κ3) is 5.71. The molecule has 104 valence electrons. The molecule has 0 aromatic heterocycles. The Hall–Kier alpha value is 0.600. The molecule has 1 fully saturated rings. The first-order valence-corrected chi connectivity index (χ1v) is 9.58. The molecule has 2 atom stereocenters. The number of carbonyl (C=O) groups is 2. The highest BCUT2D eigenvalue weighted by atomic mass is 127. The van der Waals surface area contributed by atoms with Crippen molar-refractivity contribution < 1.29 is 14.3 Å². The Morgan fingerprint density at radius 3 is 2.72 bits per heavy atom. The Labute approximate surface area is 136 Å². The van der Waals surface area contributed by atoms with Crippen LogP contribution in [0, 0.1) is 5.92 Å². The molecule has 3 nitrogen and oxygen atoms in total. The number of ether oxygens (including phenoxy) is 1. The summed E-state index contributed by atoms with van der Waals surface area (Å²) in [6.07, 6.45) is 6.45. The lowest BCUT2D eigenvalue weighted by atomic mass is 9.82. The van der Waals surface area contributed by atoms with Crippen molar-refractivity contribution in [3.63, 3.8) is 0 Å². The van der Waals surface area contributed by atoms with Gasteiger partial charge in [-0.3, -0.25) is 9.59 Å². The maximum Gasteiger partial charge on any atom is 0.316 e. The smallest absolute Gasteiger partial charge is 0.316 e. The molecule has 18 heavy (non-hydrogen) atoms. The summed E-state index contributed by atoms with van der Waals surface area (Å²) >= 11 is 4.36. The summed E-state index contributed by atoms with van der Waals surface area (Å²) in [5.74, 6) is 0.0651. The van der Waals surface area contributed by atoms with E-state index in [1.54, 1.807) is 0 Å². The molecule has 0 aromatic rings. The monoisotopic (exact) mass is 478 g/mol. The Morgan fingerprint density at radius 2 is 2.11 bits per heavy atom. The summed E-state index contributed by atoms with van der Waals surface area (Å²) in [6.45, 7) is 0. The van der Waals surface area contributed by atoms with Crippen LogP contribution in [0.4, 0.5) is 0 Å². The third-order valence-corrected chi connectivity index (χ3v) is 4.70. The average Bonchev–Trinajstić information content (AvgIpc) is 2.38. The Bertz CT molecular complexity index is 281. The van der Waals surface area contributed by atoms with Crippen molar-refractivity contribution in [2.24, 2.45) is 5.92 Å². The first-order valence-electron chi connectivity index (χ1n) is 6.53. The minimum absolute atomic E-state index is 0.0418. The van der Waals surface area contributed by atoms with Crippen LogP contribution in [-0.2, 0) is 14.3 Å². The lowest BCUT2D eigenvalue weighted by Crippen LogP contribution is -2.35. The molecule has 0 radical (unpaired) electrons. The molecule has 0 amide bonds. The zero-order valence-electron chi connectivity index (χ0n) is 10.5. The fraction of sp³-hybridized carbons (Fsp3) is 0.846. The standard InChI is InChI=1S/C13H20I2O3/c14-8-4-3-7-12(18-13(17)9-15)10-5-1-2-6-11(10)16/h10,12H,1-9H2/t10-,12+/m1/s1. The Morgan fingerprint density at radius 1 is 1.33 bits per heavy atom. The summed E-state index contributed by atoms with van der Waals surface area (Å²) in [5.41, 5.74) is 0. The molecule has 0 aromatic carbocycles. The quantitative estimate of drug-likeness (QED) is 0.243. The molecular weight excluding hydrogens is 458 g/mol. The van der Waals surface area contributed by atoms with Gasteiger partial charge in [0.15, 0.2) is 0 Å². The molecule has 1 aliphatic carbocycles. The number of halogens is 2. The van der Waals surface area contributed by atoms with E-state index in [1.807, 2.05) is 22.6 Å². The number of alkyl halides is 2. The zero-order chi connectivity index (χ0) is 13.4. The second-order valence-electron chi connectivity index (χ2n) is 4.67. The van der Waals surface area contributed by atoms with Gasteiger partial charge in [-0.15, -0.1) is 0 Å². The third-order valence-electron chi connectivity index (χ3n) is 3.31. The second-order valence-corrected chi connectivity index (χ2v) is 6.51.